The fraction of sp³-hybridized carbons (Fsp3) is 0.409. The molecule has 7 nitrogen and oxygen atoms in total. The Labute approximate surface area is 197 Å². The van der Waals surface area contributed by atoms with Crippen LogP contribution in [-0.2, 0) is 21.2 Å². The molecule has 9 heteroatoms. The van der Waals surface area contributed by atoms with E-state index < -0.39 is 10.0 Å². The highest BCUT2D eigenvalue weighted by atomic mass is 127. The van der Waals surface area contributed by atoms with Gasteiger partial charge in [-0.05, 0) is 84.3 Å². The van der Waals surface area contributed by atoms with E-state index in [-0.39, 0.29) is 17.4 Å². The molecule has 0 unspecified atom stereocenters. The summed E-state index contributed by atoms with van der Waals surface area (Å²) in [6.45, 7) is 5.21. The molecule has 31 heavy (non-hydrogen) atoms. The van der Waals surface area contributed by atoms with Crippen molar-refractivity contribution in [2.45, 2.75) is 26.7 Å². The van der Waals surface area contributed by atoms with Crippen molar-refractivity contribution in [1.82, 2.24) is 9.21 Å². The van der Waals surface area contributed by atoms with E-state index in [4.69, 9.17) is 4.74 Å². The number of aryl methyl sites for hydroxylation is 2. The zero-order valence-corrected chi connectivity index (χ0v) is 20.6. The molecule has 1 aliphatic rings. The Kier molecular flexibility index (Phi) is 7.82. The number of halogens is 1. The maximum absolute atomic E-state index is 12.6. The molecule has 1 N–H and O–H groups in total. The number of hydrogen-bond donors (Lipinski definition) is 1. The van der Waals surface area contributed by atoms with E-state index in [0.29, 0.717) is 44.8 Å². The van der Waals surface area contributed by atoms with E-state index >= 15 is 0 Å². The number of nitrogens with zero attached hydrogens (tertiary/aromatic N) is 2. The summed E-state index contributed by atoms with van der Waals surface area (Å²) < 4.78 is 32.3. The van der Waals surface area contributed by atoms with Crippen LogP contribution in [0, 0.1) is 10.5 Å². The summed E-state index contributed by atoms with van der Waals surface area (Å²) in [6, 6.07) is 10.6. The first-order valence-corrected chi connectivity index (χ1v) is 12.9. The van der Waals surface area contributed by atoms with Gasteiger partial charge in [-0.25, -0.2) is 8.42 Å². The number of amides is 1. The van der Waals surface area contributed by atoms with Gasteiger partial charge in [0.15, 0.2) is 0 Å². The molecule has 2 aromatic rings. The van der Waals surface area contributed by atoms with Gasteiger partial charge in [-0.1, -0.05) is 6.07 Å². The van der Waals surface area contributed by atoms with Crippen LogP contribution in [-0.4, -0.2) is 60.6 Å². The summed E-state index contributed by atoms with van der Waals surface area (Å²) in [7, 11) is -3.19. The molecule has 1 heterocycles. The molecule has 0 radical (unpaired) electrons. The van der Waals surface area contributed by atoms with Gasteiger partial charge in [0.05, 0.1) is 9.32 Å². The smallest absolute Gasteiger partial charge is 0.222 e. The fourth-order valence-electron chi connectivity index (χ4n) is 3.52. The number of ether oxygens (including phenoxy) is 1. The normalized spacial score (nSPS) is 15.1. The molecular formula is C22H27IN2O5S. The van der Waals surface area contributed by atoms with Crippen molar-refractivity contribution in [3.05, 3.63) is 51.1 Å². The average Bonchev–Trinajstić information content (AvgIpc) is 2.76. The second kappa shape index (κ2) is 10.2. The first kappa shape index (κ1) is 23.8. The van der Waals surface area contributed by atoms with E-state index in [9.17, 15) is 18.3 Å². The lowest BCUT2D eigenvalue weighted by molar-refractivity contribution is -0.132. The van der Waals surface area contributed by atoms with Crippen molar-refractivity contribution in [3.8, 4) is 17.2 Å². The quantitative estimate of drug-likeness (QED) is 0.526. The molecule has 1 fully saturated rings. The molecule has 0 aliphatic carbocycles. The molecule has 0 atom stereocenters. The van der Waals surface area contributed by atoms with Crippen LogP contribution in [0.25, 0.3) is 0 Å². The number of phenolic OH excluding ortho intramolecular Hbond substituents is 1. The number of hydrogen-bond acceptors (Lipinski definition) is 5. The Bertz CT molecular complexity index is 1010. The highest BCUT2D eigenvalue weighted by Gasteiger charge is 2.27. The predicted molar refractivity (Wildman–Crippen MR) is 128 cm³/mol. The van der Waals surface area contributed by atoms with E-state index in [2.05, 4.69) is 22.6 Å². The SMILES string of the molecule is CCS(=O)(=O)N1CCN(C(=O)CCc2cc(C)c(Oc3ccc(O)cc3)c(I)c2)CC1. The van der Waals surface area contributed by atoms with Crippen LogP contribution in [0.4, 0.5) is 0 Å². The number of rotatable bonds is 7. The summed E-state index contributed by atoms with van der Waals surface area (Å²) >= 11 is 2.23. The molecular weight excluding hydrogens is 531 g/mol. The van der Waals surface area contributed by atoms with Crippen LogP contribution in [0.5, 0.6) is 17.2 Å². The summed E-state index contributed by atoms with van der Waals surface area (Å²) in [5.41, 5.74) is 2.03. The van der Waals surface area contributed by atoms with E-state index in [1.165, 1.54) is 4.31 Å². The molecule has 1 amide bonds. The Morgan fingerprint density at radius 3 is 2.35 bits per heavy atom. The lowest BCUT2D eigenvalue weighted by Gasteiger charge is -2.33. The molecule has 0 bridgehead atoms. The minimum absolute atomic E-state index is 0.0469. The molecule has 0 spiro atoms. The van der Waals surface area contributed by atoms with E-state index in [1.807, 2.05) is 19.1 Å². The number of piperazine rings is 1. The van der Waals surface area contributed by atoms with Crippen LogP contribution >= 0.6 is 22.6 Å². The maximum atomic E-state index is 12.6. The lowest BCUT2D eigenvalue weighted by Crippen LogP contribution is -2.50. The molecule has 1 saturated heterocycles. The summed E-state index contributed by atoms with van der Waals surface area (Å²) in [5.74, 6) is 1.73. The van der Waals surface area contributed by atoms with Gasteiger partial charge in [0.25, 0.3) is 0 Å². The van der Waals surface area contributed by atoms with Crippen molar-refractivity contribution in [3.63, 3.8) is 0 Å². The van der Waals surface area contributed by atoms with Crippen LogP contribution in [0.3, 0.4) is 0 Å². The third-order valence-electron chi connectivity index (χ3n) is 5.32. The second-order valence-electron chi connectivity index (χ2n) is 7.50. The van der Waals surface area contributed by atoms with Gasteiger partial charge in [-0.2, -0.15) is 4.31 Å². The molecule has 3 rings (SSSR count). The fourth-order valence-corrected chi connectivity index (χ4v) is 5.54. The Hall–Kier alpha value is -1.85. The van der Waals surface area contributed by atoms with E-state index in [1.54, 1.807) is 36.1 Å². The summed E-state index contributed by atoms with van der Waals surface area (Å²) in [5, 5.41) is 9.41. The summed E-state index contributed by atoms with van der Waals surface area (Å²) in [6.07, 6.45) is 0.997. The van der Waals surface area contributed by atoms with Crippen molar-refractivity contribution < 1.29 is 23.1 Å². The molecule has 0 saturated carbocycles. The Morgan fingerprint density at radius 2 is 1.77 bits per heavy atom. The second-order valence-corrected chi connectivity index (χ2v) is 10.9. The number of carbonyl (C=O) groups is 1. The third-order valence-corrected chi connectivity index (χ3v) is 8.01. The molecule has 0 aromatic heterocycles. The van der Waals surface area contributed by atoms with Crippen LogP contribution in [0.15, 0.2) is 36.4 Å². The number of sulfonamides is 1. The van der Waals surface area contributed by atoms with Crippen LogP contribution < -0.4 is 4.74 Å². The predicted octanol–water partition coefficient (Wildman–Crippen LogP) is 3.52. The topological polar surface area (TPSA) is 87.2 Å². The van der Waals surface area contributed by atoms with Crippen LogP contribution in [0.1, 0.15) is 24.5 Å². The summed E-state index contributed by atoms with van der Waals surface area (Å²) in [4.78, 5) is 14.4. The highest BCUT2D eigenvalue weighted by molar-refractivity contribution is 14.1. The number of benzene rings is 2. The molecule has 1 aliphatic heterocycles. The van der Waals surface area contributed by atoms with Crippen molar-refractivity contribution in [2.75, 3.05) is 31.9 Å². The standard InChI is InChI=1S/C22H27IN2O5S/c1-3-31(28,29)25-12-10-24(11-13-25)21(27)9-4-17-14-16(2)22(20(23)15-17)30-19-7-5-18(26)6-8-19/h5-8,14-15,26H,3-4,9-13H2,1-2H3. The minimum atomic E-state index is -3.19. The van der Waals surface area contributed by atoms with Gasteiger partial charge in [-0.15, -0.1) is 0 Å². The maximum Gasteiger partial charge on any atom is 0.222 e. The third kappa shape index (κ3) is 6.11. The zero-order chi connectivity index (χ0) is 22.6. The molecule has 2 aromatic carbocycles. The van der Waals surface area contributed by atoms with Gasteiger partial charge in [0, 0.05) is 32.6 Å². The number of carbonyl (C=O) groups excluding carboxylic acids is 1. The Morgan fingerprint density at radius 1 is 1.13 bits per heavy atom. The zero-order valence-electron chi connectivity index (χ0n) is 17.7. The van der Waals surface area contributed by atoms with Crippen molar-refractivity contribution in [1.29, 1.82) is 0 Å². The number of aromatic hydroxyl groups is 1. The van der Waals surface area contributed by atoms with Crippen molar-refractivity contribution in [2.24, 2.45) is 0 Å². The minimum Gasteiger partial charge on any atom is -0.508 e. The van der Waals surface area contributed by atoms with E-state index in [0.717, 1.165) is 20.4 Å². The van der Waals surface area contributed by atoms with Gasteiger partial charge < -0.3 is 14.7 Å². The van der Waals surface area contributed by atoms with Gasteiger partial charge in [-0.3, -0.25) is 4.79 Å². The van der Waals surface area contributed by atoms with Crippen LogP contribution in [0.2, 0.25) is 0 Å². The Balaban J connectivity index is 1.57. The monoisotopic (exact) mass is 558 g/mol. The highest BCUT2D eigenvalue weighted by Crippen LogP contribution is 2.32. The first-order valence-electron chi connectivity index (χ1n) is 10.2. The van der Waals surface area contributed by atoms with Crippen molar-refractivity contribution >= 4 is 38.5 Å². The molecule has 168 valence electrons. The largest absolute Gasteiger partial charge is 0.508 e. The van der Waals surface area contributed by atoms with Gasteiger partial charge >= 0.3 is 0 Å². The average molecular weight is 558 g/mol. The van der Waals surface area contributed by atoms with Gasteiger partial charge in [0.2, 0.25) is 15.9 Å². The first-order chi connectivity index (χ1) is 14.7. The number of phenols is 1. The lowest BCUT2D eigenvalue weighted by atomic mass is 10.1. The van der Waals surface area contributed by atoms with Gasteiger partial charge in [0.1, 0.15) is 17.2 Å².